The molecule has 2 atom stereocenters. The molecule has 0 aliphatic heterocycles. The van der Waals surface area contributed by atoms with Crippen LogP contribution in [-0.2, 0) is 19.3 Å². The number of phenols is 1. The van der Waals surface area contributed by atoms with Crippen molar-refractivity contribution in [1.29, 1.82) is 0 Å². The molecule has 0 heterocycles. The predicted octanol–water partition coefficient (Wildman–Crippen LogP) is 1.20. The van der Waals surface area contributed by atoms with Crippen LogP contribution in [0.15, 0.2) is 84.9 Å². The normalized spacial score (nSPS) is 11.5. The number of phenolic OH excluding ortho intramolecular Hbond substituents is 1. The molecule has 0 saturated carbocycles. The number of nitrogens with one attached hydrogen (secondary N) is 2. The van der Waals surface area contributed by atoms with Gasteiger partial charge in [0.2, 0.25) is 0 Å². The number of aliphatic hydroxyl groups is 2. The Balaban J connectivity index is -0.000000764. The zero-order chi connectivity index (χ0) is 40.2. The van der Waals surface area contributed by atoms with Crippen molar-refractivity contribution in [2.24, 2.45) is 0 Å². The number of halogens is 3. The molecule has 18 heteroatoms. The van der Waals surface area contributed by atoms with Crippen molar-refractivity contribution >= 4 is 80.2 Å². The van der Waals surface area contributed by atoms with E-state index in [0.29, 0.717) is 38.5 Å². The van der Waals surface area contributed by atoms with E-state index in [4.69, 9.17) is 56.2 Å². The molecular formula is C37H37BrCl2K2N4O9. The Bertz CT molecular complexity index is 1890. The summed E-state index contributed by atoms with van der Waals surface area (Å²) in [4.78, 5) is 41.9. The average Bonchev–Trinajstić information content (AvgIpc) is 3.13. The number of hydrogen-bond acceptors (Lipinski definition) is 9. The van der Waals surface area contributed by atoms with Gasteiger partial charge in [-0.3, -0.25) is 14.4 Å². The second-order valence-corrected chi connectivity index (χ2v) is 12.7. The molecule has 2 amide bonds. The van der Waals surface area contributed by atoms with Gasteiger partial charge in [-0.25, -0.2) is 9.69 Å². The Hall–Kier alpha value is -1.92. The van der Waals surface area contributed by atoms with E-state index >= 15 is 0 Å². The molecular weight excluding hydrogens is 873 g/mol. The van der Waals surface area contributed by atoms with Crippen LogP contribution >= 0.6 is 39.1 Å². The largest absolute Gasteiger partial charge is 1.00 e. The Morgan fingerprint density at radius 2 is 1.20 bits per heavy atom. The Kier molecular flexibility index (Phi) is 28.6. The standard InChI is InChI=1S/C18H17ClN2O3.C12H13BrN2O2.C6H5ClO.CH2O3.2K.H/c1-12-10-14(6-9-16(12)20-3)21-17(22)18(2,23)11-24-15-7-4-13(19)5-8-15;1-8-6-9(4-5-10(8)14-3)15-11(16)12(2,17)7-13;7-5-1-3-6(8)4-2-5;2-1-4-3;;;/h4-10,23H,11H2,1-2H3,(H,21,22);4-6,17H,7H2,1-2H3,(H,15,16);1-4,8H;1,3H;;;/q;;;;2*+1;-1/p-1/t18-;12-;;;;;/m00...../s1. The van der Waals surface area contributed by atoms with Gasteiger partial charge < -0.3 is 42.3 Å². The van der Waals surface area contributed by atoms with Gasteiger partial charge in [-0.05, 0) is 112 Å². The molecule has 0 aromatic heterocycles. The first-order chi connectivity index (χ1) is 24.9. The Morgan fingerprint density at radius 1 is 0.818 bits per heavy atom. The number of carbonyl (C=O) groups excluding carboxylic acids is 3. The second-order valence-electron chi connectivity index (χ2n) is 11.2. The molecule has 282 valence electrons. The van der Waals surface area contributed by atoms with E-state index in [9.17, 15) is 19.8 Å². The van der Waals surface area contributed by atoms with Crippen molar-refractivity contribution in [2.45, 2.75) is 38.9 Å². The van der Waals surface area contributed by atoms with E-state index in [1.807, 2.05) is 0 Å². The van der Waals surface area contributed by atoms with Crippen LogP contribution in [0.4, 0.5) is 22.7 Å². The molecule has 4 rings (SSSR count). The molecule has 4 aromatic carbocycles. The molecule has 0 saturated heterocycles. The fourth-order valence-corrected chi connectivity index (χ4v) is 4.08. The van der Waals surface area contributed by atoms with Gasteiger partial charge >= 0.3 is 103 Å². The summed E-state index contributed by atoms with van der Waals surface area (Å²) in [7, 11) is 0. The maximum Gasteiger partial charge on any atom is 1.00 e. The zero-order valence-electron chi connectivity index (χ0n) is 31.9. The molecule has 0 aliphatic rings. The van der Waals surface area contributed by atoms with Crippen molar-refractivity contribution in [3.8, 4) is 11.5 Å². The van der Waals surface area contributed by atoms with Crippen LogP contribution in [0.3, 0.4) is 0 Å². The first-order valence-corrected chi connectivity index (χ1v) is 17.0. The average molecular weight is 911 g/mol. The number of ether oxygens (including phenoxy) is 1. The third-order valence-electron chi connectivity index (χ3n) is 6.59. The predicted molar refractivity (Wildman–Crippen MR) is 206 cm³/mol. The first-order valence-electron chi connectivity index (χ1n) is 15.1. The van der Waals surface area contributed by atoms with Gasteiger partial charge in [-0.2, -0.15) is 0 Å². The van der Waals surface area contributed by atoms with Crippen molar-refractivity contribution in [2.75, 3.05) is 22.6 Å². The van der Waals surface area contributed by atoms with Crippen molar-refractivity contribution in [3.05, 3.63) is 129 Å². The number of rotatable bonds is 9. The summed E-state index contributed by atoms with van der Waals surface area (Å²) in [6.07, 6.45) is 0. The van der Waals surface area contributed by atoms with Gasteiger partial charge in [-0.1, -0.05) is 51.3 Å². The van der Waals surface area contributed by atoms with Gasteiger partial charge in [0.15, 0.2) is 17.0 Å². The summed E-state index contributed by atoms with van der Waals surface area (Å²) in [5, 5.41) is 43.8. The molecule has 13 nitrogen and oxygen atoms in total. The van der Waals surface area contributed by atoms with Gasteiger partial charge in [0, 0.05) is 26.8 Å². The van der Waals surface area contributed by atoms with Gasteiger partial charge in [0.05, 0.1) is 13.1 Å². The number of aryl methyl sites for hydroxylation is 2. The first kappa shape index (κ1) is 55.2. The smallest absolute Gasteiger partial charge is 1.00 e. The van der Waals surface area contributed by atoms with Crippen molar-refractivity contribution in [1.82, 2.24) is 0 Å². The van der Waals surface area contributed by atoms with E-state index in [1.165, 1.54) is 13.8 Å². The number of amides is 2. The number of carbonyl (C=O) groups is 3. The number of anilines is 2. The molecule has 55 heavy (non-hydrogen) atoms. The van der Waals surface area contributed by atoms with E-state index in [0.717, 1.165) is 11.1 Å². The molecule has 0 aliphatic carbocycles. The van der Waals surface area contributed by atoms with E-state index in [1.54, 1.807) is 98.8 Å². The summed E-state index contributed by atoms with van der Waals surface area (Å²) in [6.45, 7) is 19.9. The monoisotopic (exact) mass is 908 g/mol. The third-order valence-corrected chi connectivity index (χ3v) is 8.18. The van der Waals surface area contributed by atoms with Gasteiger partial charge in [0.1, 0.15) is 23.7 Å². The SMILES string of the molecule is O=CO[O-].Oc1ccc(Cl)cc1.[C-]#[N+]c1ccc(NC(=O)[C@@](C)(O)CBr)cc1C.[C-]#[N+]c1ccc(NC(=O)[C@@](C)(O)COc2ccc(Cl)cc2)cc1C.[H-].[K+].[K+]. The van der Waals surface area contributed by atoms with Crippen LogP contribution in [0.25, 0.3) is 9.69 Å². The van der Waals surface area contributed by atoms with Crippen LogP contribution in [0.1, 0.15) is 26.4 Å². The number of hydrogen-bond donors (Lipinski definition) is 5. The molecule has 0 bridgehead atoms. The summed E-state index contributed by atoms with van der Waals surface area (Å²) in [5.41, 5.74) is 0.522. The zero-order valence-corrected chi connectivity index (χ0v) is 40.2. The summed E-state index contributed by atoms with van der Waals surface area (Å²) in [5.74, 6) is -0.324. The molecule has 5 N–H and O–H groups in total. The number of nitrogens with zero attached hydrogens (tertiary/aromatic N) is 2. The molecule has 0 radical (unpaired) electrons. The van der Waals surface area contributed by atoms with Crippen LogP contribution < -0.4 is 123 Å². The minimum atomic E-state index is -1.72. The van der Waals surface area contributed by atoms with Gasteiger partial charge in [-0.15, -0.1) is 0 Å². The van der Waals surface area contributed by atoms with Crippen LogP contribution in [0, 0.1) is 27.0 Å². The molecule has 4 aromatic rings. The molecule has 0 unspecified atom stereocenters. The molecule has 0 spiro atoms. The maximum absolute atomic E-state index is 12.3. The fraction of sp³-hybridized carbons (Fsp3) is 0.216. The van der Waals surface area contributed by atoms with E-state index in [-0.39, 0.29) is 128 Å². The van der Waals surface area contributed by atoms with E-state index < -0.39 is 23.0 Å². The van der Waals surface area contributed by atoms with E-state index in [2.05, 4.69) is 41.1 Å². The third kappa shape index (κ3) is 21.4. The van der Waals surface area contributed by atoms with Crippen LogP contribution in [0.2, 0.25) is 10.0 Å². The second kappa shape index (κ2) is 28.5. The van der Waals surface area contributed by atoms with Crippen molar-refractivity contribution in [3.63, 3.8) is 0 Å². The summed E-state index contributed by atoms with van der Waals surface area (Å²) in [6, 6.07) is 22.9. The number of benzene rings is 4. The van der Waals surface area contributed by atoms with Crippen LogP contribution in [-0.4, -0.2) is 56.7 Å². The van der Waals surface area contributed by atoms with Gasteiger partial charge in [0.25, 0.3) is 18.3 Å². The Morgan fingerprint density at radius 3 is 1.53 bits per heavy atom. The maximum atomic E-state index is 12.3. The quantitative estimate of drug-likeness (QED) is 0.0411. The van der Waals surface area contributed by atoms with Crippen LogP contribution in [0.5, 0.6) is 11.5 Å². The summed E-state index contributed by atoms with van der Waals surface area (Å²) >= 11 is 14.4. The Labute approximate surface area is 424 Å². The summed E-state index contributed by atoms with van der Waals surface area (Å²) < 4.78 is 5.44. The number of aromatic hydroxyl groups is 1. The number of alkyl halides is 1. The molecule has 0 fully saturated rings. The minimum Gasteiger partial charge on any atom is -1.00 e. The fourth-order valence-electron chi connectivity index (χ4n) is 3.57. The minimum absolute atomic E-state index is 0. The topological polar surface area (TPSA) is 186 Å². The van der Waals surface area contributed by atoms with Crippen molar-refractivity contribution < 1.29 is 149 Å².